The molecule has 0 aromatic heterocycles. The van der Waals surface area contributed by atoms with Crippen LogP contribution in [0.2, 0.25) is 0 Å². The number of hydrogen-bond acceptors (Lipinski definition) is 3. The first-order valence-electron chi connectivity index (χ1n) is 6.65. The molecule has 0 unspecified atom stereocenters. The molecule has 0 bridgehead atoms. The number of ether oxygens (including phenoxy) is 1. The molecular weight excluding hydrogens is 248 g/mol. The van der Waals surface area contributed by atoms with Crippen molar-refractivity contribution in [3.8, 4) is 0 Å². The molecule has 6 heteroatoms. The van der Waals surface area contributed by atoms with Crippen molar-refractivity contribution in [3.05, 3.63) is 0 Å². The van der Waals surface area contributed by atoms with Crippen LogP contribution in [0.15, 0.2) is 0 Å². The molecule has 19 heavy (non-hydrogen) atoms. The number of hydrogen-bond donors (Lipinski definition) is 3. The summed E-state index contributed by atoms with van der Waals surface area (Å²) >= 11 is 0. The van der Waals surface area contributed by atoms with E-state index in [0.29, 0.717) is 12.5 Å². The summed E-state index contributed by atoms with van der Waals surface area (Å²) in [7, 11) is 0. The summed E-state index contributed by atoms with van der Waals surface area (Å²) in [6, 6.07) is -1.32. The molecule has 1 saturated heterocycles. The monoisotopic (exact) mass is 272 g/mol. The predicted molar refractivity (Wildman–Crippen MR) is 71.0 cm³/mol. The van der Waals surface area contributed by atoms with Gasteiger partial charge in [0.15, 0.2) is 0 Å². The molecule has 1 fully saturated rings. The largest absolute Gasteiger partial charge is 0.480 e. The molecule has 2 amide bonds. The lowest BCUT2D eigenvalue weighted by Crippen LogP contribution is -2.52. The quantitative estimate of drug-likeness (QED) is 0.718. The van der Waals surface area contributed by atoms with Crippen molar-refractivity contribution in [1.29, 1.82) is 0 Å². The highest BCUT2D eigenvalue weighted by Crippen LogP contribution is 2.19. The predicted octanol–water partition coefficient (Wildman–Crippen LogP) is 1.21. The van der Waals surface area contributed by atoms with Crippen molar-refractivity contribution < 1.29 is 19.4 Å². The van der Waals surface area contributed by atoms with Gasteiger partial charge < -0.3 is 20.5 Å². The zero-order chi connectivity index (χ0) is 14.5. The summed E-state index contributed by atoms with van der Waals surface area (Å²) in [6.45, 7) is 7.37. The molecule has 0 aromatic carbocycles. The summed E-state index contributed by atoms with van der Waals surface area (Å²) in [5.74, 6) is -0.605. The molecule has 1 heterocycles. The van der Waals surface area contributed by atoms with E-state index in [2.05, 4.69) is 10.6 Å². The molecule has 6 nitrogen and oxygen atoms in total. The van der Waals surface area contributed by atoms with Crippen molar-refractivity contribution in [3.63, 3.8) is 0 Å². The molecule has 0 saturated carbocycles. The average molecular weight is 272 g/mol. The van der Waals surface area contributed by atoms with Crippen LogP contribution in [0, 0.1) is 11.3 Å². The molecule has 1 atom stereocenters. The van der Waals surface area contributed by atoms with Gasteiger partial charge in [-0.25, -0.2) is 9.59 Å². The van der Waals surface area contributed by atoms with Gasteiger partial charge in [0.2, 0.25) is 0 Å². The fraction of sp³-hybridized carbons (Fsp3) is 0.846. The first kappa shape index (κ1) is 15.8. The Morgan fingerprint density at radius 3 is 2.37 bits per heavy atom. The first-order chi connectivity index (χ1) is 8.80. The van der Waals surface area contributed by atoms with E-state index in [1.54, 1.807) is 20.8 Å². The van der Waals surface area contributed by atoms with E-state index in [4.69, 9.17) is 9.84 Å². The maximum atomic E-state index is 11.7. The Kier molecular flexibility index (Phi) is 5.60. The average Bonchev–Trinajstić information content (AvgIpc) is 2.33. The second-order valence-corrected chi connectivity index (χ2v) is 6.05. The van der Waals surface area contributed by atoms with E-state index in [9.17, 15) is 9.59 Å². The number of urea groups is 1. The summed E-state index contributed by atoms with van der Waals surface area (Å²) in [4.78, 5) is 22.9. The van der Waals surface area contributed by atoms with Gasteiger partial charge in [0.1, 0.15) is 6.04 Å². The van der Waals surface area contributed by atoms with Crippen LogP contribution in [0.25, 0.3) is 0 Å². The Balaban J connectivity index is 2.38. The van der Waals surface area contributed by atoms with Crippen LogP contribution in [0.3, 0.4) is 0 Å². The Labute approximate surface area is 113 Å². The van der Waals surface area contributed by atoms with Gasteiger partial charge >= 0.3 is 12.0 Å². The van der Waals surface area contributed by atoms with Gasteiger partial charge in [-0.05, 0) is 24.2 Å². The molecule has 0 spiro atoms. The molecular formula is C13H24N2O4. The number of amides is 2. The molecule has 110 valence electrons. The Hall–Kier alpha value is -1.30. The maximum Gasteiger partial charge on any atom is 0.326 e. The van der Waals surface area contributed by atoms with Gasteiger partial charge in [-0.1, -0.05) is 20.8 Å². The number of nitrogens with one attached hydrogen (secondary N) is 2. The fourth-order valence-corrected chi connectivity index (χ4v) is 2.02. The fourth-order valence-electron chi connectivity index (χ4n) is 2.02. The van der Waals surface area contributed by atoms with E-state index in [-0.39, 0.29) is 0 Å². The summed E-state index contributed by atoms with van der Waals surface area (Å²) in [5, 5.41) is 14.4. The zero-order valence-electron chi connectivity index (χ0n) is 11.9. The van der Waals surface area contributed by atoms with Crippen LogP contribution in [-0.4, -0.2) is 42.9 Å². The van der Waals surface area contributed by atoms with Crippen molar-refractivity contribution in [2.75, 3.05) is 19.8 Å². The number of carbonyl (C=O) groups excluding carboxylic acids is 1. The standard InChI is InChI=1S/C13H24N2O4/c1-13(2,3)10(11(16)17)15-12(18)14-8-9-4-6-19-7-5-9/h9-10H,4-8H2,1-3H3,(H,16,17)(H2,14,15,18)/t10-/m1/s1. The lowest BCUT2D eigenvalue weighted by molar-refractivity contribution is -0.141. The third kappa shape index (κ3) is 5.46. The van der Waals surface area contributed by atoms with E-state index in [1.807, 2.05) is 0 Å². The van der Waals surface area contributed by atoms with Crippen LogP contribution < -0.4 is 10.6 Å². The van der Waals surface area contributed by atoms with Gasteiger partial charge in [-0.2, -0.15) is 0 Å². The molecule has 1 aliphatic heterocycles. The van der Waals surface area contributed by atoms with E-state index < -0.39 is 23.5 Å². The van der Waals surface area contributed by atoms with Crippen LogP contribution >= 0.6 is 0 Å². The molecule has 3 N–H and O–H groups in total. The van der Waals surface area contributed by atoms with Crippen LogP contribution in [0.1, 0.15) is 33.6 Å². The summed E-state index contributed by atoms with van der Waals surface area (Å²) in [5.41, 5.74) is -0.526. The maximum absolute atomic E-state index is 11.7. The van der Waals surface area contributed by atoms with Gasteiger partial charge in [0.05, 0.1) is 0 Å². The highest BCUT2D eigenvalue weighted by molar-refractivity contribution is 5.83. The topological polar surface area (TPSA) is 87.7 Å². The smallest absolute Gasteiger partial charge is 0.326 e. The molecule has 0 aromatic rings. The lowest BCUT2D eigenvalue weighted by atomic mass is 9.87. The van der Waals surface area contributed by atoms with Crippen molar-refractivity contribution in [2.45, 2.75) is 39.7 Å². The first-order valence-corrected chi connectivity index (χ1v) is 6.65. The second kappa shape index (κ2) is 6.75. The minimum absolute atomic E-state index is 0.414. The summed E-state index contributed by atoms with van der Waals surface area (Å²) < 4.78 is 5.24. The molecule has 0 aliphatic carbocycles. The van der Waals surface area contributed by atoms with Crippen LogP contribution in [0.4, 0.5) is 4.79 Å². The van der Waals surface area contributed by atoms with Gasteiger partial charge in [0.25, 0.3) is 0 Å². The number of carbonyl (C=O) groups is 2. The Bertz CT molecular complexity index is 319. The van der Waals surface area contributed by atoms with E-state index >= 15 is 0 Å². The molecule has 1 aliphatic rings. The summed E-state index contributed by atoms with van der Waals surface area (Å²) in [6.07, 6.45) is 1.86. The van der Waals surface area contributed by atoms with E-state index in [1.165, 1.54) is 0 Å². The Morgan fingerprint density at radius 1 is 1.32 bits per heavy atom. The third-order valence-corrected chi connectivity index (χ3v) is 3.28. The normalized spacial score (nSPS) is 18.7. The van der Waals surface area contributed by atoms with Gasteiger partial charge in [-0.3, -0.25) is 0 Å². The van der Waals surface area contributed by atoms with Crippen LogP contribution in [-0.2, 0) is 9.53 Å². The van der Waals surface area contributed by atoms with Gasteiger partial charge in [-0.15, -0.1) is 0 Å². The van der Waals surface area contributed by atoms with Crippen molar-refractivity contribution in [2.24, 2.45) is 11.3 Å². The number of carboxylic acids is 1. The highest BCUT2D eigenvalue weighted by atomic mass is 16.5. The molecule has 0 radical (unpaired) electrons. The minimum Gasteiger partial charge on any atom is -0.480 e. The highest BCUT2D eigenvalue weighted by Gasteiger charge is 2.32. The van der Waals surface area contributed by atoms with Gasteiger partial charge in [0, 0.05) is 19.8 Å². The second-order valence-electron chi connectivity index (χ2n) is 6.05. The SMILES string of the molecule is CC(C)(C)[C@H](NC(=O)NCC1CCOCC1)C(=O)O. The zero-order valence-corrected chi connectivity index (χ0v) is 11.9. The third-order valence-electron chi connectivity index (χ3n) is 3.28. The number of rotatable bonds is 4. The number of aliphatic carboxylic acids is 1. The van der Waals surface area contributed by atoms with E-state index in [0.717, 1.165) is 26.1 Å². The number of carboxylic acid groups (broad SMARTS) is 1. The van der Waals surface area contributed by atoms with Crippen molar-refractivity contribution in [1.82, 2.24) is 10.6 Å². The minimum atomic E-state index is -1.02. The molecule has 1 rings (SSSR count). The Morgan fingerprint density at radius 2 is 1.89 bits per heavy atom. The lowest BCUT2D eigenvalue weighted by Gasteiger charge is -2.28. The van der Waals surface area contributed by atoms with Crippen molar-refractivity contribution >= 4 is 12.0 Å². The van der Waals surface area contributed by atoms with Crippen LogP contribution in [0.5, 0.6) is 0 Å².